The fourth-order valence-electron chi connectivity index (χ4n) is 2.19. The second kappa shape index (κ2) is 7.91. The Morgan fingerprint density at radius 3 is 2.84 bits per heavy atom. The third-order valence-electron chi connectivity index (χ3n) is 3.28. The van der Waals surface area contributed by atoms with Crippen molar-refractivity contribution in [2.24, 2.45) is 0 Å². The summed E-state index contributed by atoms with van der Waals surface area (Å²) >= 11 is 1.70. The summed E-state index contributed by atoms with van der Waals surface area (Å²) in [6.07, 6.45) is 0. The van der Waals surface area contributed by atoms with Gasteiger partial charge in [0.25, 0.3) is 0 Å². The van der Waals surface area contributed by atoms with Gasteiger partial charge in [-0.15, -0.1) is 11.3 Å². The van der Waals surface area contributed by atoms with Crippen molar-refractivity contribution in [2.45, 2.75) is 13.5 Å². The first-order valence-corrected chi connectivity index (χ1v) is 7.70. The van der Waals surface area contributed by atoms with Crippen molar-refractivity contribution >= 4 is 11.3 Å². The lowest BCUT2D eigenvalue weighted by Gasteiger charge is -2.29. The van der Waals surface area contributed by atoms with Crippen molar-refractivity contribution in [3.05, 3.63) is 16.1 Å². The smallest absolute Gasteiger partial charge is 0.107 e. The summed E-state index contributed by atoms with van der Waals surface area (Å²) in [6.45, 7) is 9.49. The average molecular weight is 285 g/mol. The zero-order valence-electron chi connectivity index (χ0n) is 11.5. The number of nitrogens with zero attached hydrogens (tertiary/aromatic N) is 3. The zero-order valence-corrected chi connectivity index (χ0v) is 12.4. The molecule has 108 valence electrons. The van der Waals surface area contributed by atoms with E-state index in [1.807, 2.05) is 6.92 Å². The van der Waals surface area contributed by atoms with Gasteiger partial charge in [-0.2, -0.15) is 0 Å². The molecule has 1 N–H and O–H groups in total. The summed E-state index contributed by atoms with van der Waals surface area (Å²) in [4.78, 5) is 9.18. The number of hydrogen-bond donors (Lipinski definition) is 1. The number of aliphatic hydroxyl groups is 1. The van der Waals surface area contributed by atoms with E-state index in [0.29, 0.717) is 6.54 Å². The SMILES string of the molecule is Cc1csc(CN(CCO)CCN2CCOCC2)n1. The van der Waals surface area contributed by atoms with Crippen LogP contribution in [0.5, 0.6) is 0 Å². The lowest BCUT2D eigenvalue weighted by atomic mass is 10.3. The zero-order chi connectivity index (χ0) is 13.5. The van der Waals surface area contributed by atoms with Gasteiger partial charge in [-0.1, -0.05) is 0 Å². The topological polar surface area (TPSA) is 48.8 Å². The number of ether oxygens (including phenoxy) is 1. The van der Waals surface area contributed by atoms with E-state index in [1.54, 1.807) is 11.3 Å². The van der Waals surface area contributed by atoms with E-state index in [2.05, 4.69) is 20.2 Å². The molecule has 0 bridgehead atoms. The van der Waals surface area contributed by atoms with Gasteiger partial charge >= 0.3 is 0 Å². The molecule has 0 aliphatic carbocycles. The van der Waals surface area contributed by atoms with Crippen LogP contribution in [0.1, 0.15) is 10.7 Å². The van der Waals surface area contributed by atoms with Gasteiger partial charge in [0.05, 0.1) is 26.4 Å². The third-order valence-corrected chi connectivity index (χ3v) is 4.23. The van der Waals surface area contributed by atoms with Crippen molar-refractivity contribution < 1.29 is 9.84 Å². The minimum Gasteiger partial charge on any atom is -0.395 e. The lowest BCUT2D eigenvalue weighted by Crippen LogP contribution is -2.41. The maximum atomic E-state index is 9.16. The van der Waals surface area contributed by atoms with Crippen LogP contribution in [0.4, 0.5) is 0 Å². The highest BCUT2D eigenvalue weighted by atomic mass is 32.1. The molecule has 5 nitrogen and oxygen atoms in total. The maximum Gasteiger partial charge on any atom is 0.107 e. The van der Waals surface area contributed by atoms with Gasteiger partial charge in [0, 0.05) is 43.8 Å². The highest BCUT2D eigenvalue weighted by Gasteiger charge is 2.13. The maximum absolute atomic E-state index is 9.16. The molecule has 1 aliphatic heterocycles. The Morgan fingerprint density at radius 2 is 2.21 bits per heavy atom. The quantitative estimate of drug-likeness (QED) is 0.794. The first-order valence-electron chi connectivity index (χ1n) is 6.82. The van der Waals surface area contributed by atoms with Crippen LogP contribution >= 0.6 is 11.3 Å². The minimum atomic E-state index is 0.202. The van der Waals surface area contributed by atoms with Crippen LogP contribution in [0, 0.1) is 6.92 Å². The molecule has 1 aliphatic rings. The van der Waals surface area contributed by atoms with Gasteiger partial charge in [0.15, 0.2) is 0 Å². The van der Waals surface area contributed by atoms with Crippen molar-refractivity contribution in [3.63, 3.8) is 0 Å². The first kappa shape index (κ1) is 14.9. The second-order valence-electron chi connectivity index (χ2n) is 4.84. The molecule has 1 saturated heterocycles. The molecule has 19 heavy (non-hydrogen) atoms. The summed E-state index contributed by atoms with van der Waals surface area (Å²) in [6, 6.07) is 0. The standard InChI is InChI=1S/C13H23N3O2S/c1-12-11-19-13(14-12)10-16(4-7-17)3-2-15-5-8-18-9-6-15/h11,17H,2-10H2,1H3. The number of thiazole rings is 1. The van der Waals surface area contributed by atoms with Crippen molar-refractivity contribution in [1.82, 2.24) is 14.8 Å². The Hall–Kier alpha value is -0.530. The van der Waals surface area contributed by atoms with Crippen molar-refractivity contribution in [3.8, 4) is 0 Å². The van der Waals surface area contributed by atoms with Crippen LogP contribution in [-0.2, 0) is 11.3 Å². The number of morpholine rings is 1. The Kier molecular flexibility index (Phi) is 6.19. The number of rotatable bonds is 7. The van der Waals surface area contributed by atoms with Crippen LogP contribution in [0.2, 0.25) is 0 Å². The second-order valence-corrected chi connectivity index (χ2v) is 5.78. The van der Waals surface area contributed by atoms with Crippen LogP contribution in [0.25, 0.3) is 0 Å². The van der Waals surface area contributed by atoms with E-state index >= 15 is 0 Å². The number of aryl methyl sites for hydroxylation is 1. The van der Waals surface area contributed by atoms with Crippen molar-refractivity contribution in [2.75, 3.05) is 52.5 Å². The molecule has 2 heterocycles. The van der Waals surface area contributed by atoms with Gasteiger partial charge in [0.1, 0.15) is 5.01 Å². The summed E-state index contributed by atoms with van der Waals surface area (Å²) in [5, 5.41) is 12.4. The first-order chi connectivity index (χ1) is 9.28. The highest BCUT2D eigenvalue weighted by Crippen LogP contribution is 2.11. The predicted molar refractivity (Wildman–Crippen MR) is 76.5 cm³/mol. The van der Waals surface area contributed by atoms with E-state index in [1.165, 1.54) is 0 Å². The summed E-state index contributed by atoms with van der Waals surface area (Å²) in [7, 11) is 0. The van der Waals surface area contributed by atoms with Crippen LogP contribution in [0.15, 0.2) is 5.38 Å². The molecule has 0 amide bonds. The fraction of sp³-hybridized carbons (Fsp3) is 0.769. The number of aliphatic hydroxyl groups excluding tert-OH is 1. The monoisotopic (exact) mass is 285 g/mol. The third kappa shape index (κ3) is 5.16. The van der Waals surface area contributed by atoms with E-state index in [9.17, 15) is 0 Å². The van der Waals surface area contributed by atoms with E-state index in [0.717, 1.165) is 56.6 Å². The molecule has 0 radical (unpaired) electrons. The van der Waals surface area contributed by atoms with Gasteiger partial charge in [-0.05, 0) is 6.92 Å². The largest absolute Gasteiger partial charge is 0.395 e. The van der Waals surface area contributed by atoms with E-state index < -0.39 is 0 Å². The van der Waals surface area contributed by atoms with Gasteiger partial charge in [-0.25, -0.2) is 4.98 Å². The molecule has 2 rings (SSSR count). The van der Waals surface area contributed by atoms with Gasteiger partial charge in [-0.3, -0.25) is 9.80 Å². The van der Waals surface area contributed by atoms with Crippen LogP contribution in [0.3, 0.4) is 0 Å². The minimum absolute atomic E-state index is 0.202. The molecule has 1 aromatic heterocycles. The molecule has 0 saturated carbocycles. The van der Waals surface area contributed by atoms with E-state index in [4.69, 9.17) is 9.84 Å². The normalized spacial score (nSPS) is 17.2. The summed E-state index contributed by atoms with van der Waals surface area (Å²) < 4.78 is 5.35. The molecule has 1 fully saturated rings. The van der Waals surface area contributed by atoms with Gasteiger partial charge in [0.2, 0.25) is 0 Å². The Morgan fingerprint density at radius 1 is 1.42 bits per heavy atom. The van der Waals surface area contributed by atoms with Crippen LogP contribution in [-0.4, -0.2) is 72.4 Å². The molecule has 0 aromatic carbocycles. The Bertz CT molecular complexity index is 367. The van der Waals surface area contributed by atoms with Crippen molar-refractivity contribution in [1.29, 1.82) is 0 Å². The molecule has 0 atom stereocenters. The summed E-state index contributed by atoms with van der Waals surface area (Å²) in [5.74, 6) is 0. The number of aromatic nitrogens is 1. The average Bonchev–Trinajstić information content (AvgIpc) is 2.83. The number of hydrogen-bond acceptors (Lipinski definition) is 6. The van der Waals surface area contributed by atoms with E-state index in [-0.39, 0.29) is 6.61 Å². The molecule has 6 heteroatoms. The summed E-state index contributed by atoms with van der Waals surface area (Å²) in [5.41, 5.74) is 1.08. The Balaban J connectivity index is 1.78. The van der Waals surface area contributed by atoms with Crippen LogP contribution < -0.4 is 0 Å². The molecule has 0 spiro atoms. The highest BCUT2D eigenvalue weighted by molar-refractivity contribution is 7.09. The molecular weight excluding hydrogens is 262 g/mol. The predicted octanol–water partition coefficient (Wildman–Crippen LogP) is 0.578. The molecule has 1 aromatic rings. The Labute approximate surface area is 118 Å². The molecule has 0 unspecified atom stereocenters. The lowest BCUT2D eigenvalue weighted by molar-refractivity contribution is 0.0320. The fourth-order valence-corrected chi connectivity index (χ4v) is 3.00. The molecular formula is C13H23N3O2S. The van der Waals surface area contributed by atoms with Gasteiger partial charge < -0.3 is 9.84 Å².